The van der Waals surface area contributed by atoms with Gasteiger partial charge < -0.3 is 15.4 Å². The van der Waals surface area contributed by atoms with Crippen molar-refractivity contribution in [1.82, 2.24) is 10.3 Å². The Labute approximate surface area is 149 Å². The summed E-state index contributed by atoms with van der Waals surface area (Å²) < 4.78 is 5.82. The molecule has 5 nitrogen and oxygen atoms in total. The number of ether oxygens (including phenoxy) is 1. The smallest absolute Gasteiger partial charge is 0.319 e. The third kappa shape index (κ3) is 3.64. The van der Waals surface area contributed by atoms with E-state index in [4.69, 9.17) is 4.74 Å². The molecule has 1 aliphatic heterocycles. The highest BCUT2D eigenvalue weighted by Gasteiger charge is 2.22. The van der Waals surface area contributed by atoms with E-state index in [1.54, 1.807) is 17.5 Å². The molecule has 1 unspecified atom stereocenters. The van der Waals surface area contributed by atoms with E-state index >= 15 is 0 Å². The second-order valence-corrected chi connectivity index (χ2v) is 6.70. The Hall–Kier alpha value is -2.86. The Morgan fingerprint density at radius 3 is 2.80 bits per heavy atom. The molecule has 3 aromatic rings. The Balaban J connectivity index is 1.28. The number of benzene rings is 2. The molecule has 0 aliphatic carbocycles. The van der Waals surface area contributed by atoms with Crippen molar-refractivity contribution in [2.45, 2.75) is 12.5 Å². The van der Waals surface area contributed by atoms with E-state index in [2.05, 4.69) is 21.7 Å². The maximum Gasteiger partial charge on any atom is 0.319 e. The van der Waals surface area contributed by atoms with E-state index in [1.807, 2.05) is 47.8 Å². The first kappa shape index (κ1) is 15.7. The second kappa shape index (κ2) is 6.94. The molecular formula is C19H17N3O2S. The highest BCUT2D eigenvalue weighted by atomic mass is 32.1. The number of urea groups is 1. The third-order valence-corrected chi connectivity index (χ3v) is 4.85. The summed E-state index contributed by atoms with van der Waals surface area (Å²) in [6.07, 6.45) is 2.58. The molecule has 0 bridgehead atoms. The predicted octanol–water partition coefficient (Wildman–Crippen LogP) is 3.94. The van der Waals surface area contributed by atoms with Crippen molar-refractivity contribution < 1.29 is 9.53 Å². The number of para-hydroxylation sites is 1. The zero-order valence-corrected chi connectivity index (χ0v) is 14.3. The number of nitrogens with one attached hydrogen (secondary N) is 2. The molecule has 0 saturated heterocycles. The molecule has 4 rings (SSSR count). The summed E-state index contributed by atoms with van der Waals surface area (Å²) in [5.41, 5.74) is 2.97. The molecule has 25 heavy (non-hydrogen) atoms. The lowest BCUT2D eigenvalue weighted by Crippen LogP contribution is -2.37. The van der Waals surface area contributed by atoms with E-state index in [1.165, 1.54) is 5.56 Å². The van der Waals surface area contributed by atoms with Crippen LogP contribution in [0.3, 0.4) is 0 Å². The van der Waals surface area contributed by atoms with E-state index in [0.29, 0.717) is 6.54 Å². The van der Waals surface area contributed by atoms with Crippen molar-refractivity contribution in [3.05, 3.63) is 65.7 Å². The van der Waals surface area contributed by atoms with Gasteiger partial charge in [0.05, 0.1) is 6.54 Å². The normalized spacial score (nSPS) is 15.3. The van der Waals surface area contributed by atoms with Crippen LogP contribution in [0.2, 0.25) is 0 Å². The van der Waals surface area contributed by atoms with Crippen LogP contribution >= 0.6 is 11.3 Å². The Kier molecular flexibility index (Phi) is 4.35. The van der Waals surface area contributed by atoms with Crippen LogP contribution in [-0.2, 0) is 6.42 Å². The maximum atomic E-state index is 12.1. The molecule has 2 N–H and O–H groups in total. The summed E-state index contributed by atoms with van der Waals surface area (Å²) in [7, 11) is 0. The molecule has 2 aromatic carbocycles. The van der Waals surface area contributed by atoms with Gasteiger partial charge >= 0.3 is 6.03 Å². The molecular weight excluding hydrogens is 334 g/mol. The first-order valence-electron chi connectivity index (χ1n) is 8.07. The van der Waals surface area contributed by atoms with Crippen molar-refractivity contribution in [3.8, 4) is 16.3 Å². The van der Waals surface area contributed by atoms with Crippen molar-refractivity contribution in [2.75, 3.05) is 11.9 Å². The lowest BCUT2D eigenvalue weighted by molar-refractivity contribution is 0.219. The van der Waals surface area contributed by atoms with Gasteiger partial charge in [-0.1, -0.05) is 18.2 Å². The molecule has 1 atom stereocenters. The average Bonchev–Trinajstić information content (AvgIpc) is 3.30. The fourth-order valence-electron chi connectivity index (χ4n) is 2.81. The maximum absolute atomic E-state index is 12.1. The van der Waals surface area contributed by atoms with E-state index in [-0.39, 0.29) is 12.1 Å². The second-order valence-electron chi connectivity index (χ2n) is 5.80. The number of anilines is 1. The molecule has 0 fully saturated rings. The zero-order chi connectivity index (χ0) is 17.1. The van der Waals surface area contributed by atoms with Gasteiger partial charge in [0, 0.05) is 29.2 Å². The van der Waals surface area contributed by atoms with Crippen molar-refractivity contribution in [2.24, 2.45) is 0 Å². The van der Waals surface area contributed by atoms with Gasteiger partial charge in [-0.2, -0.15) is 0 Å². The molecule has 2 heterocycles. The van der Waals surface area contributed by atoms with Gasteiger partial charge in [-0.05, 0) is 35.9 Å². The first-order valence-corrected chi connectivity index (χ1v) is 8.95. The third-order valence-electron chi connectivity index (χ3n) is 4.03. The molecule has 0 spiro atoms. The largest absolute Gasteiger partial charge is 0.488 e. The Bertz CT molecular complexity index is 838. The number of nitrogens with zero attached hydrogens (tertiary/aromatic N) is 1. The van der Waals surface area contributed by atoms with Gasteiger partial charge in [-0.15, -0.1) is 11.3 Å². The van der Waals surface area contributed by atoms with Crippen LogP contribution in [0.4, 0.5) is 10.5 Å². The molecule has 0 radical (unpaired) electrons. The minimum Gasteiger partial charge on any atom is -0.488 e. The summed E-state index contributed by atoms with van der Waals surface area (Å²) >= 11 is 1.59. The van der Waals surface area contributed by atoms with E-state index < -0.39 is 0 Å². The molecule has 0 saturated carbocycles. The average molecular weight is 351 g/mol. The standard InChI is InChI=1S/C19H17N3O2S/c23-19(21-12-16-11-14-3-1-2-4-17(14)24-16)22-15-7-5-13(6-8-15)18-20-9-10-25-18/h1-10,16H,11-12H2,(H2,21,22,23). The van der Waals surface area contributed by atoms with Gasteiger partial charge in [0.1, 0.15) is 16.9 Å². The fourth-order valence-corrected chi connectivity index (χ4v) is 3.46. The SMILES string of the molecule is O=C(NCC1Cc2ccccc2O1)Nc1ccc(-c2nccs2)cc1. The van der Waals surface area contributed by atoms with Gasteiger partial charge in [0.15, 0.2) is 0 Å². The summed E-state index contributed by atoms with van der Waals surface area (Å²) in [6.45, 7) is 0.470. The van der Waals surface area contributed by atoms with E-state index in [0.717, 1.165) is 28.4 Å². The quantitative estimate of drug-likeness (QED) is 0.748. The fraction of sp³-hybridized carbons (Fsp3) is 0.158. The van der Waals surface area contributed by atoms with Gasteiger partial charge in [0.25, 0.3) is 0 Å². The molecule has 1 aliphatic rings. The van der Waals surface area contributed by atoms with Crippen LogP contribution in [0.25, 0.3) is 10.6 Å². The van der Waals surface area contributed by atoms with Gasteiger partial charge in [-0.25, -0.2) is 9.78 Å². The van der Waals surface area contributed by atoms with Crippen LogP contribution in [0.15, 0.2) is 60.1 Å². The number of carbonyl (C=O) groups excluding carboxylic acids is 1. The van der Waals surface area contributed by atoms with Crippen LogP contribution in [0.1, 0.15) is 5.56 Å². The number of hydrogen-bond donors (Lipinski definition) is 2. The predicted molar refractivity (Wildman–Crippen MR) is 99.1 cm³/mol. The molecule has 2 amide bonds. The zero-order valence-electron chi connectivity index (χ0n) is 13.4. The Morgan fingerprint density at radius 2 is 2.04 bits per heavy atom. The summed E-state index contributed by atoms with van der Waals surface area (Å²) in [5, 5.41) is 8.61. The molecule has 1 aromatic heterocycles. The number of hydrogen-bond acceptors (Lipinski definition) is 4. The number of carbonyl (C=O) groups is 1. The number of amides is 2. The minimum absolute atomic E-state index is 0.0181. The molecule has 6 heteroatoms. The highest BCUT2D eigenvalue weighted by Crippen LogP contribution is 2.27. The monoisotopic (exact) mass is 351 g/mol. The summed E-state index contributed by atoms with van der Waals surface area (Å²) in [4.78, 5) is 16.3. The van der Waals surface area contributed by atoms with Gasteiger partial charge in [-0.3, -0.25) is 0 Å². The van der Waals surface area contributed by atoms with Crippen molar-refractivity contribution in [3.63, 3.8) is 0 Å². The molecule has 126 valence electrons. The number of thiazole rings is 1. The van der Waals surface area contributed by atoms with Crippen LogP contribution in [-0.4, -0.2) is 23.7 Å². The topological polar surface area (TPSA) is 63.2 Å². The van der Waals surface area contributed by atoms with Crippen LogP contribution < -0.4 is 15.4 Å². The number of fused-ring (bicyclic) bond motifs is 1. The number of rotatable bonds is 4. The van der Waals surface area contributed by atoms with Gasteiger partial charge in [0.2, 0.25) is 0 Å². The van der Waals surface area contributed by atoms with Crippen LogP contribution in [0, 0.1) is 0 Å². The first-order chi connectivity index (χ1) is 12.3. The van der Waals surface area contributed by atoms with Crippen molar-refractivity contribution in [1.29, 1.82) is 0 Å². The minimum atomic E-state index is -0.235. The lowest BCUT2D eigenvalue weighted by Gasteiger charge is -2.13. The Morgan fingerprint density at radius 1 is 1.20 bits per heavy atom. The summed E-state index contributed by atoms with van der Waals surface area (Å²) in [6, 6.07) is 15.4. The lowest BCUT2D eigenvalue weighted by atomic mass is 10.1. The summed E-state index contributed by atoms with van der Waals surface area (Å²) in [5.74, 6) is 0.910. The van der Waals surface area contributed by atoms with Crippen molar-refractivity contribution >= 4 is 23.1 Å². The van der Waals surface area contributed by atoms with E-state index in [9.17, 15) is 4.79 Å². The van der Waals surface area contributed by atoms with Crippen LogP contribution in [0.5, 0.6) is 5.75 Å². The highest BCUT2D eigenvalue weighted by molar-refractivity contribution is 7.13. The number of aromatic nitrogens is 1.